The minimum Gasteiger partial charge on any atom is -0.444 e. The van der Waals surface area contributed by atoms with Crippen LogP contribution in [0.15, 0.2) is 11.6 Å². The highest BCUT2D eigenvalue weighted by atomic mass is 16.6. The van der Waals surface area contributed by atoms with E-state index in [4.69, 9.17) is 10.5 Å². The summed E-state index contributed by atoms with van der Waals surface area (Å²) in [6.45, 7) is 7.70. The number of hydrogen-bond donors (Lipinski definition) is 1. The van der Waals surface area contributed by atoms with Crippen LogP contribution < -0.4 is 5.73 Å². The van der Waals surface area contributed by atoms with Gasteiger partial charge in [0.1, 0.15) is 5.60 Å². The van der Waals surface area contributed by atoms with Crippen LogP contribution in [0.2, 0.25) is 0 Å². The lowest BCUT2D eigenvalue weighted by molar-refractivity contribution is 0.0265. The fourth-order valence-electron chi connectivity index (χ4n) is 1.62. The van der Waals surface area contributed by atoms with Gasteiger partial charge >= 0.3 is 6.09 Å². The summed E-state index contributed by atoms with van der Waals surface area (Å²) in [5.74, 6) is 0. The SMILES string of the molecule is CC(C)(C)OC(=O)N1CC=C(CCN)CC1. The van der Waals surface area contributed by atoms with Crippen molar-refractivity contribution in [1.82, 2.24) is 4.90 Å². The van der Waals surface area contributed by atoms with E-state index in [0.717, 1.165) is 19.4 Å². The number of hydrogen-bond acceptors (Lipinski definition) is 3. The van der Waals surface area contributed by atoms with Crippen molar-refractivity contribution in [3.8, 4) is 0 Å². The van der Waals surface area contributed by atoms with Crippen LogP contribution in [0.4, 0.5) is 4.79 Å². The second kappa shape index (κ2) is 5.34. The molecule has 1 aliphatic rings. The summed E-state index contributed by atoms with van der Waals surface area (Å²) in [4.78, 5) is 13.5. The summed E-state index contributed by atoms with van der Waals surface area (Å²) in [6, 6.07) is 0. The van der Waals surface area contributed by atoms with E-state index < -0.39 is 5.60 Å². The van der Waals surface area contributed by atoms with Gasteiger partial charge in [0.15, 0.2) is 0 Å². The summed E-state index contributed by atoms with van der Waals surface area (Å²) < 4.78 is 5.31. The molecule has 0 aromatic heterocycles. The molecule has 1 aliphatic heterocycles. The van der Waals surface area contributed by atoms with Crippen molar-refractivity contribution in [2.24, 2.45) is 5.73 Å². The van der Waals surface area contributed by atoms with Crippen LogP contribution >= 0.6 is 0 Å². The van der Waals surface area contributed by atoms with Crippen LogP contribution in [0.5, 0.6) is 0 Å². The molecule has 0 fully saturated rings. The molecule has 0 saturated carbocycles. The van der Waals surface area contributed by atoms with E-state index in [-0.39, 0.29) is 6.09 Å². The first kappa shape index (κ1) is 13.0. The molecule has 16 heavy (non-hydrogen) atoms. The maximum atomic E-state index is 11.7. The van der Waals surface area contributed by atoms with Gasteiger partial charge in [-0.05, 0) is 40.2 Å². The van der Waals surface area contributed by atoms with Crippen LogP contribution in [0.1, 0.15) is 33.6 Å². The topological polar surface area (TPSA) is 55.6 Å². The molecule has 1 heterocycles. The maximum absolute atomic E-state index is 11.7. The third-order valence-electron chi connectivity index (χ3n) is 2.42. The van der Waals surface area contributed by atoms with E-state index in [1.807, 2.05) is 20.8 Å². The third-order valence-corrected chi connectivity index (χ3v) is 2.42. The van der Waals surface area contributed by atoms with E-state index in [0.29, 0.717) is 13.1 Å². The van der Waals surface area contributed by atoms with Crippen LogP contribution in [0.3, 0.4) is 0 Å². The van der Waals surface area contributed by atoms with Crippen molar-refractivity contribution in [3.05, 3.63) is 11.6 Å². The monoisotopic (exact) mass is 226 g/mol. The van der Waals surface area contributed by atoms with E-state index in [2.05, 4.69) is 6.08 Å². The second-order valence-corrected chi connectivity index (χ2v) is 5.08. The van der Waals surface area contributed by atoms with Gasteiger partial charge in [0.2, 0.25) is 0 Å². The third kappa shape index (κ3) is 4.23. The fraction of sp³-hybridized carbons (Fsp3) is 0.750. The Morgan fingerprint density at radius 1 is 1.56 bits per heavy atom. The number of carbonyl (C=O) groups is 1. The quantitative estimate of drug-likeness (QED) is 0.732. The standard InChI is InChI=1S/C12H22N2O2/c1-12(2,3)16-11(15)14-8-5-10(4-7-13)6-9-14/h5H,4,6-9,13H2,1-3H3. The van der Waals surface area contributed by atoms with Crippen molar-refractivity contribution in [2.45, 2.75) is 39.2 Å². The molecule has 0 saturated heterocycles. The Balaban J connectivity index is 2.44. The van der Waals surface area contributed by atoms with Crippen molar-refractivity contribution < 1.29 is 9.53 Å². The molecule has 0 spiro atoms. The van der Waals surface area contributed by atoms with Crippen LogP contribution in [-0.2, 0) is 4.74 Å². The van der Waals surface area contributed by atoms with Gasteiger partial charge in [-0.2, -0.15) is 0 Å². The van der Waals surface area contributed by atoms with Crippen molar-refractivity contribution in [1.29, 1.82) is 0 Å². The first-order chi connectivity index (χ1) is 7.42. The lowest BCUT2D eigenvalue weighted by Gasteiger charge is -2.29. The molecule has 0 atom stereocenters. The molecule has 0 aliphatic carbocycles. The van der Waals surface area contributed by atoms with E-state index >= 15 is 0 Å². The lowest BCUT2D eigenvalue weighted by Crippen LogP contribution is -2.39. The van der Waals surface area contributed by atoms with Gasteiger partial charge < -0.3 is 15.4 Å². The van der Waals surface area contributed by atoms with Gasteiger partial charge in [-0.1, -0.05) is 11.6 Å². The number of amides is 1. The minimum atomic E-state index is -0.418. The molecule has 0 unspecified atom stereocenters. The molecule has 4 heteroatoms. The van der Waals surface area contributed by atoms with Gasteiger partial charge in [-0.25, -0.2) is 4.79 Å². The zero-order chi connectivity index (χ0) is 12.2. The predicted octanol–water partition coefficient (Wildman–Crippen LogP) is 1.90. The van der Waals surface area contributed by atoms with Crippen LogP contribution in [0, 0.1) is 0 Å². The molecular formula is C12H22N2O2. The first-order valence-corrected chi connectivity index (χ1v) is 5.78. The van der Waals surface area contributed by atoms with Crippen LogP contribution in [0.25, 0.3) is 0 Å². The molecule has 0 aromatic rings. The highest BCUT2D eigenvalue weighted by Gasteiger charge is 2.23. The van der Waals surface area contributed by atoms with Gasteiger partial charge in [0, 0.05) is 13.1 Å². The highest BCUT2D eigenvalue weighted by Crippen LogP contribution is 2.16. The summed E-state index contributed by atoms with van der Waals surface area (Å²) in [5, 5.41) is 0. The molecule has 0 aromatic carbocycles. The lowest BCUT2D eigenvalue weighted by atomic mass is 10.1. The molecule has 0 bridgehead atoms. The summed E-state index contributed by atoms with van der Waals surface area (Å²) >= 11 is 0. The number of nitrogens with two attached hydrogens (primary N) is 1. The van der Waals surface area contributed by atoms with Gasteiger partial charge in [-0.3, -0.25) is 0 Å². The number of nitrogens with zero attached hydrogens (tertiary/aromatic N) is 1. The van der Waals surface area contributed by atoms with Crippen molar-refractivity contribution in [2.75, 3.05) is 19.6 Å². The normalized spacial score (nSPS) is 17.0. The van der Waals surface area contributed by atoms with E-state index in [1.54, 1.807) is 4.90 Å². The summed E-state index contributed by atoms with van der Waals surface area (Å²) in [5.41, 5.74) is 6.42. The zero-order valence-corrected chi connectivity index (χ0v) is 10.5. The summed E-state index contributed by atoms with van der Waals surface area (Å²) in [6.07, 6.45) is 3.70. The Morgan fingerprint density at radius 3 is 2.69 bits per heavy atom. The summed E-state index contributed by atoms with van der Waals surface area (Å²) in [7, 11) is 0. The largest absolute Gasteiger partial charge is 0.444 e. The average Bonchev–Trinajstić information content (AvgIpc) is 2.16. The molecule has 1 rings (SSSR count). The van der Waals surface area contributed by atoms with Crippen molar-refractivity contribution >= 4 is 6.09 Å². The Bertz CT molecular complexity index is 279. The molecule has 92 valence electrons. The molecule has 2 N–H and O–H groups in total. The Morgan fingerprint density at radius 2 is 2.25 bits per heavy atom. The number of rotatable bonds is 2. The maximum Gasteiger partial charge on any atom is 0.410 e. The first-order valence-electron chi connectivity index (χ1n) is 5.78. The van der Waals surface area contributed by atoms with Gasteiger partial charge in [0.05, 0.1) is 0 Å². The molecule has 1 amide bonds. The van der Waals surface area contributed by atoms with Gasteiger partial charge in [-0.15, -0.1) is 0 Å². The van der Waals surface area contributed by atoms with Gasteiger partial charge in [0.25, 0.3) is 0 Å². The van der Waals surface area contributed by atoms with Crippen molar-refractivity contribution in [3.63, 3.8) is 0 Å². The van der Waals surface area contributed by atoms with E-state index in [1.165, 1.54) is 5.57 Å². The fourth-order valence-corrected chi connectivity index (χ4v) is 1.62. The Kier molecular flexibility index (Phi) is 4.35. The Hall–Kier alpha value is -1.03. The number of ether oxygens (including phenoxy) is 1. The predicted molar refractivity (Wildman–Crippen MR) is 64.2 cm³/mol. The van der Waals surface area contributed by atoms with E-state index in [9.17, 15) is 4.79 Å². The second-order valence-electron chi connectivity index (χ2n) is 5.08. The van der Waals surface area contributed by atoms with Crippen LogP contribution in [-0.4, -0.2) is 36.2 Å². The number of carbonyl (C=O) groups excluding carboxylic acids is 1. The smallest absolute Gasteiger partial charge is 0.410 e. The Labute approximate surface area is 97.4 Å². The molecular weight excluding hydrogens is 204 g/mol. The molecule has 0 radical (unpaired) electrons. The minimum absolute atomic E-state index is 0.226. The highest BCUT2D eigenvalue weighted by molar-refractivity contribution is 5.68. The average molecular weight is 226 g/mol. The molecule has 4 nitrogen and oxygen atoms in total. The zero-order valence-electron chi connectivity index (χ0n) is 10.5.